The number of hydrogen-bond donors (Lipinski definition) is 1. The second-order valence-electron chi connectivity index (χ2n) is 5.66. The topological polar surface area (TPSA) is 47.3 Å². The summed E-state index contributed by atoms with van der Waals surface area (Å²) >= 11 is 0. The van der Waals surface area contributed by atoms with Gasteiger partial charge in [-0.05, 0) is 37.6 Å². The second-order valence-corrected chi connectivity index (χ2v) is 5.66. The van der Waals surface area contributed by atoms with Gasteiger partial charge < -0.3 is 14.6 Å². The van der Waals surface area contributed by atoms with Crippen molar-refractivity contribution in [3.8, 4) is 0 Å². The molecule has 4 heteroatoms. The van der Waals surface area contributed by atoms with Gasteiger partial charge in [0.15, 0.2) is 5.76 Å². The summed E-state index contributed by atoms with van der Waals surface area (Å²) in [5.41, 5.74) is 0.950. The first-order valence-electron chi connectivity index (χ1n) is 7.67. The highest BCUT2D eigenvalue weighted by atomic mass is 16.5. The Morgan fingerprint density at radius 3 is 3.05 bits per heavy atom. The molecule has 0 saturated carbocycles. The van der Waals surface area contributed by atoms with E-state index in [2.05, 4.69) is 36.5 Å². The Kier molecular flexibility index (Phi) is 6.27. The number of hydrogen-bond acceptors (Lipinski definition) is 4. The monoisotopic (exact) mass is 278 g/mol. The van der Waals surface area contributed by atoms with Gasteiger partial charge in [0.25, 0.3) is 0 Å². The van der Waals surface area contributed by atoms with Crippen LogP contribution in [-0.2, 0) is 17.9 Å². The first-order valence-corrected chi connectivity index (χ1v) is 7.67. The minimum absolute atomic E-state index is 0.522. The van der Waals surface area contributed by atoms with Crippen LogP contribution in [0.2, 0.25) is 0 Å². The Morgan fingerprint density at radius 2 is 2.25 bits per heavy atom. The Bertz CT molecular complexity index is 414. The van der Waals surface area contributed by atoms with Crippen molar-refractivity contribution in [1.82, 2.24) is 10.5 Å². The highest BCUT2D eigenvalue weighted by Crippen LogP contribution is 2.25. The summed E-state index contributed by atoms with van der Waals surface area (Å²) in [6.07, 6.45) is 7.96. The van der Waals surface area contributed by atoms with Gasteiger partial charge >= 0.3 is 0 Å². The second kappa shape index (κ2) is 8.22. The van der Waals surface area contributed by atoms with Gasteiger partial charge in [-0.15, -0.1) is 0 Å². The van der Waals surface area contributed by atoms with Crippen molar-refractivity contribution >= 4 is 0 Å². The van der Waals surface area contributed by atoms with E-state index >= 15 is 0 Å². The van der Waals surface area contributed by atoms with E-state index in [0.29, 0.717) is 18.4 Å². The van der Waals surface area contributed by atoms with E-state index in [0.717, 1.165) is 44.0 Å². The van der Waals surface area contributed by atoms with E-state index in [1.165, 1.54) is 6.42 Å². The van der Waals surface area contributed by atoms with Crippen LogP contribution in [0.5, 0.6) is 0 Å². The fourth-order valence-corrected chi connectivity index (χ4v) is 2.45. The van der Waals surface area contributed by atoms with Crippen molar-refractivity contribution in [3.63, 3.8) is 0 Å². The molecule has 1 aromatic rings. The van der Waals surface area contributed by atoms with Crippen LogP contribution in [0.15, 0.2) is 22.7 Å². The maximum atomic E-state index is 5.78. The molecule has 0 fully saturated rings. The Morgan fingerprint density at radius 1 is 1.40 bits per heavy atom. The lowest BCUT2D eigenvalue weighted by Gasteiger charge is -2.24. The van der Waals surface area contributed by atoms with Gasteiger partial charge in [0, 0.05) is 12.6 Å². The summed E-state index contributed by atoms with van der Waals surface area (Å²) in [5.74, 6) is 2.16. The van der Waals surface area contributed by atoms with Crippen molar-refractivity contribution in [2.24, 2.45) is 11.8 Å². The van der Waals surface area contributed by atoms with Gasteiger partial charge in [0.1, 0.15) is 6.61 Å². The molecule has 0 bridgehead atoms. The number of nitrogens with one attached hydrogen (secondary N) is 1. The van der Waals surface area contributed by atoms with Gasteiger partial charge in [0.05, 0.1) is 12.3 Å². The van der Waals surface area contributed by atoms with Gasteiger partial charge in [0.2, 0.25) is 0 Å². The molecule has 0 aliphatic heterocycles. The summed E-state index contributed by atoms with van der Waals surface area (Å²) in [4.78, 5) is 0. The molecule has 2 rings (SSSR count). The minimum atomic E-state index is 0.522. The standard InChI is InChI=1S/C16H26N2O2/c1-3-8-17-10-15-9-16(20-18-15)12-19-11-14-7-5-4-6-13(14)2/h4-5,9,13-14,17H,3,6-8,10-12H2,1-2H3. The average molecular weight is 278 g/mol. The molecule has 0 saturated heterocycles. The quantitative estimate of drug-likeness (QED) is 0.585. The minimum Gasteiger partial charge on any atom is -0.373 e. The van der Waals surface area contributed by atoms with Gasteiger partial charge in [-0.25, -0.2) is 0 Å². The van der Waals surface area contributed by atoms with Crippen molar-refractivity contribution in [2.75, 3.05) is 13.2 Å². The largest absolute Gasteiger partial charge is 0.373 e. The fraction of sp³-hybridized carbons (Fsp3) is 0.688. The van der Waals surface area contributed by atoms with Crippen LogP contribution >= 0.6 is 0 Å². The predicted octanol–water partition coefficient (Wildman–Crippen LogP) is 3.29. The number of rotatable bonds is 8. The van der Waals surface area contributed by atoms with E-state index in [-0.39, 0.29) is 0 Å². The molecule has 2 unspecified atom stereocenters. The Hall–Kier alpha value is -1.13. The summed E-state index contributed by atoms with van der Waals surface area (Å²) in [6.45, 7) is 7.54. The zero-order chi connectivity index (χ0) is 14.2. The highest BCUT2D eigenvalue weighted by Gasteiger charge is 2.18. The van der Waals surface area contributed by atoms with Crippen LogP contribution < -0.4 is 5.32 Å². The Balaban J connectivity index is 1.67. The lowest BCUT2D eigenvalue weighted by molar-refractivity contribution is 0.0554. The van der Waals surface area contributed by atoms with E-state index in [1.54, 1.807) is 0 Å². The van der Waals surface area contributed by atoms with Gasteiger partial charge in [-0.2, -0.15) is 0 Å². The lowest BCUT2D eigenvalue weighted by Crippen LogP contribution is -2.19. The highest BCUT2D eigenvalue weighted by molar-refractivity contribution is 5.04. The molecule has 0 radical (unpaired) electrons. The van der Waals surface area contributed by atoms with Crippen LogP contribution in [0, 0.1) is 11.8 Å². The third kappa shape index (κ3) is 4.76. The molecule has 1 aliphatic carbocycles. The first kappa shape index (κ1) is 15.3. The molecule has 0 aromatic carbocycles. The third-order valence-corrected chi connectivity index (χ3v) is 3.84. The van der Waals surface area contributed by atoms with Gasteiger partial charge in [-0.1, -0.05) is 31.2 Å². The maximum Gasteiger partial charge on any atom is 0.162 e. The van der Waals surface area contributed by atoms with E-state index in [9.17, 15) is 0 Å². The number of ether oxygens (including phenoxy) is 1. The van der Waals surface area contributed by atoms with Crippen molar-refractivity contribution < 1.29 is 9.26 Å². The Labute approximate surface area is 121 Å². The SMILES string of the molecule is CCCNCc1cc(COCC2CC=CCC2C)on1. The molecule has 1 heterocycles. The molecule has 0 amide bonds. The van der Waals surface area contributed by atoms with Crippen molar-refractivity contribution in [2.45, 2.75) is 46.3 Å². The van der Waals surface area contributed by atoms with Crippen LogP contribution in [0.3, 0.4) is 0 Å². The summed E-state index contributed by atoms with van der Waals surface area (Å²) in [5, 5.41) is 7.35. The molecular formula is C16H26N2O2. The molecule has 2 atom stereocenters. The van der Waals surface area contributed by atoms with Crippen LogP contribution in [0.25, 0.3) is 0 Å². The normalized spacial score (nSPS) is 22.3. The zero-order valence-corrected chi connectivity index (χ0v) is 12.6. The molecule has 1 aliphatic rings. The molecule has 20 heavy (non-hydrogen) atoms. The average Bonchev–Trinajstić information content (AvgIpc) is 2.89. The van der Waals surface area contributed by atoms with E-state index in [4.69, 9.17) is 9.26 Å². The smallest absolute Gasteiger partial charge is 0.162 e. The number of allylic oxidation sites excluding steroid dienone is 2. The van der Waals surface area contributed by atoms with Crippen LogP contribution in [0.1, 0.15) is 44.6 Å². The van der Waals surface area contributed by atoms with Crippen LogP contribution in [0.4, 0.5) is 0 Å². The first-order chi connectivity index (χ1) is 9.79. The fourth-order valence-electron chi connectivity index (χ4n) is 2.45. The third-order valence-electron chi connectivity index (χ3n) is 3.84. The molecule has 1 aromatic heterocycles. The van der Waals surface area contributed by atoms with E-state index < -0.39 is 0 Å². The van der Waals surface area contributed by atoms with Gasteiger partial charge in [-0.3, -0.25) is 0 Å². The summed E-state index contributed by atoms with van der Waals surface area (Å²) in [6, 6.07) is 1.98. The molecule has 1 N–H and O–H groups in total. The van der Waals surface area contributed by atoms with E-state index in [1.807, 2.05) is 6.07 Å². The summed E-state index contributed by atoms with van der Waals surface area (Å²) < 4.78 is 11.1. The van der Waals surface area contributed by atoms with Crippen molar-refractivity contribution in [3.05, 3.63) is 29.7 Å². The number of aromatic nitrogens is 1. The number of nitrogens with zero attached hydrogens (tertiary/aromatic N) is 1. The molecule has 0 spiro atoms. The molecular weight excluding hydrogens is 252 g/mol. The predicted molar refractivity (Wildman–Crippen MR) is 79.2 cm³/mol. The molecule has 4 nitrogen and oxygen atoms in total. The van der Waals surface area contributed by atoms with Crippen molar-refractivity contribution in [1.29, 1.82) is 0 Å². The maximum absolute atomic E-state index is 5.78. The molecule has 112 valence electrons. The lowest BCUT2D eigenvalue weighted by atomic mass is 9.85. The summed E-state index contributed by atoms with van der Waals surface area (Å²) in [7, 11) is 0. The zero-order valence-electron chi connectivity index (χ0n) is 12.6. The van der Waals surface area contributed by atoms with Crippen LogP contribution in [-0.4, -0.2) is 18.3 Å².